The van der Waals surface area contributed by atoms with Crippen molar-refractivity contribution >= 4 is 17.7 Å². The number of primary amides is 1. The molecule has 1 aliphatic rings. The molecule has 0 aromatic carbocycles. The van der Waals surface area contributed by atoms with Crippen LogP contribution in [-0.4, -0.2) is 39.5 Å². The molecule has 3 N–H and O–H groups in total. The van der Waals surface area contributed by atoms with Crippen LogP contribution in [0.5, 0.6) is 0 Å². The molecule has 0 saturated carbocycles. The summed E-state index contributed by atoms with van der Waals surface area (Å²) < 4.78 is 0. The molecule has 7 heteroatoms. The Hall–Kier alpha value is -2.18. The van der Waals surface area contributed by atoms with Crippen molar-refractivity contribution in [3.05, 3.63) is 18.1 Å². The first-order chi connectivity index (χ1) is 8.99. The SMILES string of the molecule is CC1CCC(C(N)=O)CN1c1cncc(C(=O)O)n1. The van der Waals surface area contributed by atoms with E-state index in [-0.39, 0.29) is 23.6 Å². The summed E-state index contributed by atoms with van der Waals surface area (Å²) in [4.78, 5) is 32.0. The third-order valence-corrected chi connectivity index (χ3v) is 3.42. The quantitative estimate of drug-likeness (QED) is 0.810. The van der Waals surface area contributed by atoms with Crippen LogP contribution in [-0.2, 0) is 4.79 Å². The van der Waals surface area contributed by atoms with E-state index in [1.165, 1.54) is 12.4 Å². The van der Waals surface area contributed by atoms with Gasteiger partial charge < -0.3 is 15.7 Å². The minimum Gasteiger partial charge on any atom is -0.476 e. The van der Waals surface area contributed by atoms with Crippen molar-refractivity contribution in [1.82, 2.24) is 9.97 Å². The van der Waals surface area contributed by atoms with Crippen molar-refractivity contribution in [2.45, 2.75) is 25.8 Å². The molecule has 2 heterocycles. The number of carboxylic acids is 1. The highest BCUT2D eigenvalue weighted by Gasteiger charge is 2.29. The Bertz CT molecular complexity index is 506. The van der Waals surface area contributed by atoms with Gasteiger partial charge in [0.05, 0.1) is 18.3 Å². The van der Waals surface area contributed by atoms with Gasteiger partial charge in [-0.1, -0.05) is 0 Å². The molecule has 7 nitrogen and oxygen atoms in total. The average Bonchev–Trinajstić information content (AvgIpc) is 2.39. The fraction of sp³-hybridized carbons (Fsp3) is 0.500. The molecule has 1 saturated heterocycles. The van der Waals surface area contributed by atoms with Crippen LogP contribution in [0.3, 0.4) is 0 Å². The molecule has 0 bridgehead atoms. The normalized spacial score (nSPS) is 23.1. The molecule has 0 spiro atoms. The van der Waals surface area contributed by atoms with E-state index in [2.05, 4.69) is 9.97 Å². The summed E-state index contributed by atoms with van der Waals surface area (Å²) in [5, 5.41) is 8.92. The Morgan fingerprint density at radius 3 is 2.79 bits per heavy atom. The topological polar surface area (TPSA) is 109 Å². The maximum atomic E-state index is 11.3. The highest BCUT2D eigenvalue weighted by atomic mass is 16.4. The van der Waals surface area contributed by atoms with E-state index in [0.717, 1.165) is 12.8 Å². The van der Waals surface area contributed by atoms with Gasteiger partial charge in [-0.25, -0.2) is 9.78 Å². The fourth-order valence-electron chi connectivity index (χ4n) is 2.26. The third-order valence-electron chi connectivity index (χ3n) is 3.42. The number of nitrogens with zero attached hydrogens (tertiary/aromatic N) is 3. The second-order valence-electron chi connectivity index (χ2n) is 4.75. The monoisotopic (exact) mass is 264 g/mol. The number of hydrogen-bond acceptors (Lipinski definition) is 5. The Morgan fingerprint density at radius 2 is 2.16 bits per heavy atom. The molecule has 0 radical (unpaired) electrons. The molecule has 1 amide bonds. The first-order valence-electron chi connectivity index (χ1n) is 6.10. The predicted octanol–water partition coefficient (Wildman–Crippen LogP) is 0.265. The first kappa shape index (κ1) is 13.3. The van der Waals surface area contributed by atoms with Crippen LogP contribution < -0.4 is 10.6 Å². The maximum Gasteiger partial charge on any atom is 0.356 e. The van der Waals surface area contributed by atoms with Gasteiger partial charge >= 0.3 is 5.97 Å². The third kappa shape index (κ3) is 2.81. The van der Waals surface area contributed by atoms with Crippen molar-refractivity contribution in [1.29, 1.82) is 0 Å². The number of rotatable bonds is 3. The van der Waals surface area contributed by atoms with Crippen molar-refractivity contribution in [3.63, 3.8) is 0 Å². The highest BCUT2D eigenvalue weighted by molar-refractivity contribution is 5.85. The van der Waals surface area contributed by atoms with Crippen LogP contribution >= 0.6 is 0 Å². The number of amides is 1. The van der Waals surface area contributed by atoms with Gasteiger partial charge in [-0.15, -0.1) is 0 Å². The number of piperidine rings is 1. The van der Waals surface area contributed by atoms with E-state index in [9.17, 15) is 9.59 Å². The summed E-state index contributed by atoms with van der Waals surface area (Å²) in [5.74, 6) is -1.21. The second-order valence-corrected chi connectivity index (χ2v) is 4.75. The number of aromatic nitrogens is 2. The Labute approximate surface area is 110 Å². The molecule has 1 aliphatic heterocycles. The van der Waals surface area contributed by atoms with Gasteiger partial charge in [0, 0.05) is 12.6 Å². The van der Waals surface area contributed by atoms with Crippen molar-refractivity contribution < 1.29 is 14.7 Å². The molecule has 1 aromatic rings. The molecule has 102 valence electrons. The molecule has 19 heavy (non-hydrogen) atoms. The largest absolute Gasteiger partial charge is 0.476 e. The standard InChI is InChI=1S/C12H16N4O3/c1-7-2-3-8(11(13)17)6-16(7)10-5-14-4-9(15-10)12(18)19/h4-5,7-8H,2-3,6H2,1H3,(H2,13,17)(H,18,19). The minimum atomic E-state index is -1.12. The molecule has 2 unspecified atom stereocenters. The fourth-order valence-corrected chi connectivity index (χ4v) is 2.26. The molecular weight excluding hydrogens is 248 g/mol. The lowest BCUT2D eigenvalue weighted by atomic mass is 9.93. The lowest BCUT2D eigenvalue weighted by Gasteiger charge is -2.37. The molecule has 2 atom stereocenters. The van der Waals surface area contributed by atoms with Gasteiger partial charge in [0.2, 0.25) is 5.91 Å². The van der Waals surface area contributed by atoms with Gasteiger partial charge in [-0.05, 0) is 19.8 Å². The van der Waals surface area contributed by atoms with Gasteiger partial charge in [-0.3, -0.25) is 9.78 Å². The lowest BCUT2D eigenvalue weighted by molar-refractivity contribution is -0.122. The van der Waals surface area contributed by atoms with E-state index in [0.29, 0.717) is 12.4 Å². The van der Waals surface area contributed by atoms with Crippen LogP contribution in [0.1, 0.15) is 30.3 Å². The van der Waals surface area contributed by atoms with E-state index >= 15 is 0 Å². The van der Waals surface area contributed by atoms with Crippen LogP contribution in [0.4, 0.5) is 5.82 Å². The summed E-state index contributed by atoms with van der Waals surface area (Å²) in [6, 6.07) is 0.175. The number of carboxylic acid groups (broad SMARTS) is 1. The van der Waals surface area contributed by atoms with Gasteiger partial charge in [0.15, 0.2) is 5.69 Å². The van der Waals surface area contributed by atoms with Gasteiger partial charge in [0.25, 0.3) is 0 Å². The van der Waals surface area contributed by atoms with Gasteiger partial charge in [-0.2, -0.15) is 0 Å². The van der Waals surface area contributed by atoms with Crippen LogP contribution in [0.15, 0.2) is 12.4 Å². The first-order valence-corrected chi connectivity index (χ1v) is 6.10. The zero-order valence-corrected chi connectivity index (χ0v) is 10.6. The Morgan fingerprint density at radius 1 is 1.42 bits per heavy atom. The van der Waals surface area contributed by atoms with E-state index in [4.69, 9.17) is 10.8 Å². The average molecular weight is 264 g/mol. The predicted molar refractivity (Wildman–Crippen MR) is 67.7 cm³/mol. The van der Waals surface area contributed by atoms with E-state index < -0.39 is 5.97 Å². The summed E-state index contributed by atoms with van der Waals surface area (Å²) in [7, 11) is 0. The van der Waals surface area contributed by atoms with Gasteiger partial charge in [0.1, 0.15) is 5.82 Å². The number of aromatic carboxylic acids is 1. The number of anilines is 1. The maximum absolute atomic E-state index is 11.3. The summed E-state index contributed by atoms with van der Waals surface area (Å²) in [5.41, 5.74) is 5.23. The Kier molecular flexibility index (Phi) is 3.64. The number of carbonyl (C=O) groups is 2. The van der Waals surface area contributed by atoms with Crippen LogP contribution in [0.25, 0.3) is 0 Å². The Balaban J connectivity index is 2.25. The highest BCUT2D eigenvalue weighted by Crippen LogP contribution is 2.25. The second kappa shape index (κ2) is 5.21. The van der Waals surface area contributed by atoms with Crippen LogP contribution in [0.2, 0.25) is 0 Å². The van der Waals surface area contributed by atoms with Crippen molar-refractivity contribution in [3.8, 4) is 0 Å². The lowest BCUT2D eigenvalue weighted by Crippen LogP contribution is -2.46. The molecule has 1 aromatic heterocycles. The summed E-state index contributed by atoms with van der Waals surface area (Å²) in [6.07, 6.45) is 4.27. The molecule has 0 aliphatic carbocycles. The molecule has 1 fully saturated rings. The minimum absolute atomic E-state index is 0.106. The summed E-state index contributed by atoms with van der Waals surface area (Å²) >= 11 is 0. The number of carbonyl (C=O) groups excluding carboxylic acids is 1. The van der Waals surface area contributed by atoms with Crippen LogP contribution in [0, 0.1) is 5.92 Å². The summed E-state index contributed by atoms with van der Waals surface area (Å²) in [6.45, 7) is 2.46. The van der Waals surface area contributed by atoms with E-state index in [1.807, 2.05) is 11.8 Å². The smallest absolute Gasteiger partial charge is 0.356 e. The van der Waals surface area contributed by atoms with E-state index in [1.54, 1.807) is 0 Å². The zero-order chi connectivity index (χ0) is 14.0. The molecular formula is C12H16N4O3. The number of hydrogen-bond donors (Lipinski definition) is 2. The van der Waals surface area contributed by atoms with Crippen molar-refractivity contribution in [2.24, 2.45) is 11.7 Å². The molecule has 2 rings (SSSR count). The van der Waals surface area contributed by atoms with Crippen molar-refractivity contribution in [2.75, 3.05) is 11.4 Å². The number of nitrogens with two attached hydrogens (primary N) is 1. The zero-order valence-electron chi connectivity index (χ0n) is 10.6.